The lowest BCUT2D eigenvalue weighted by molar-refractivity contribution is -0.141. The largest absolute Gasteiger partial charge is 0.481 e. The van der Waals surface area contributed by atoms with Crippen LogP contribution in [0.5, 0.6) is 0 Å². The molecular weight excluding hydrogens is 220 g/mol. The van der Waals surface area contributed by atoms with Crippen LogP contribution in [-0.4, -0.2) is 41.1 Å². The van der Waals surface area contributed by atoms with Gasteiger partial charge < -0.3 is 15.3 Å². The summed E-state index contributed by atoms with van der Waals surface area (Å²) in [6, 6.07) is -0.491. The van der Waals surface area contributed by atoms with Crippen molar-refractivity contribution in [3.63, 3.8) is 0 Å². The molecule has 17 heavy (non-hydrogen) atoms. The molecule has 1 heterocycles. The Balaban J connectivity index is 2.45. The third-order valence-electron chi connectivity index (χ3n) is 3.43. The van der Waals surface area contributed by atoms with Gasteiger partial charge in [-0.05, 0) is 32.6 Å². The number of urea groups is 1. The SMILES string of the molecule is CC1CCCN(C(=O)NC(C)C(C)C(=O)O)C1. The van der Waals surface area contributed by atoms with Crippen LogP contribution < -0.4 is 5.32 Å². The van der Waals surface area contributed by atoms with Crippen molar-refractivity contribution in [1.82, 2.24) is 10.2 Å². The summed E-state index contributed by atoms with van der Waals surface area (Å²) in [4.78, 5) is 24.5. The van der Waals surface area contributed by atoms with Crippen molar-refractivity contribution in [1.29, 1.82) is 0 Å². The van der Waals surface area contributed by atoms with Crippen LogP contribution in [0.15, 0.2) is 0 Å². The summed E-state index contributed by atoms with van der Waals surface area (Å²) in [6.45, 7) is 6.99. The van der Waals surface area contributed by atoms with Crippen LogP contribution in [0.2, 0.25) is 0 Å². The lowest BCUT2D eigenvalue weighted by Crippen LogP contribution is -2.50. The topological polar surface area (TPSA) is 69.6 Å². The molecular formula is C12H22N2O3. The molecule has 98 valence electrons. The van der Waals surface area contributed by atoms with Gasteiger partial charge in [-0.3, -0.25) is 4.79 Å². The van der Waals surface area contributed by atoms with E-state index < -0.39 is 11.9 Å². The summed E-state index contributed by atoms with van der Waals surface area (Å²) < 4.78 is 0. The summed E-state index contributed by atoms with van der Waals surface area (Å²) in [5.74, 6) is -0.923. The number of carboxylic acid groups (broad SMARTS) is 1. The minimum absolute atomic E-state index is 0.142. The Bertz CT molecular complexity index is 293. The summed E-state index contributed by atoms with van der Waals surface area (Å²) in [6.07, 6.45) is 2.18. The average molecular weight is 242 g/mol. The van der Waals surface area contributed by atoms with Gasteiger partial charge in [0.15, 0.2) is 0 Å². The van der Waals surface area contributed by atoms with Crippen molar-refractivity contribution >= 4 is 12.0 Å². The molecule has 3 unspecified atom stereocenters. The Kier molecular flexibility index (Phi) is 4.78. The highest BCUT2D eigenvalue weighted by Gasteiger charge is 2.25. The molecule has 5 nitrogen and oxygen atoms in total. The van der Waals surface area contributed by atoms with E-state index in [1.54, 1.807) is 18.7 Å². The van der Waals surface area contributed by atoms with Gasteiger partial charge in [-0.15, -0.1) is 0 Å². The lowest BCUT2D eigenvalue weighted by atomic mass is 10.0. The summed E-state index contributed by atoms with van der Waals surface area (Å²) in [5, 5.41) is 11.6. The first kappa shape index (κ1) is 13.8. The molecule has 5 heteroatoms. The predicted molar refractivity (Wildman–Crippen MR) is 64.8 cm³/mol. The normalized spacial score (nSPS) is 23.9. The molecule has 1 aliphatic heterocycles. The number of nitrogens with zero attached hydrogens (tertiary/aromatic N) is 1. The van der Waals surface area contributed by atoms with Gasteiger partial charge in [0.1, 0.15) is 0 Å². The summed E-state index contributed by atoms with van der Waals surface area (Å²) in [7, 11) is 0. The summed E-state index contributed by atoms with van der Waals surface area (Å²) in [5.41, 5.74) is 0. The van der Waals surface area contributed by atoms with E-state index in [2.05, 4.69) is 12.2 Å². The van der Waals surface area contributed by atoms with Gasteiger partial charge in [0.2, 0.25) is 0 Å². The van der Waals surface area contributed by atoms with Crippen molar-refractivity contribution in [3.05, 3.63) is 0 Å². The third-order valence-corrected chi connectivity index (χ3v) is 3.43. The van der Waals surface area contributed by atoms with Crippen molar-refractivity contribution in [2.24, 2.45) is 11.8 Å². The number of aliphatic carboxylic acids is 1. The van der Waals surface area contributed by atoms with E-state index in [1.807, 2.05) is 0 Å². The molecule has 2 amide bonds. The maximum absolute atomic E-state index is 11.9. The highest BCUT2D eigenvalue weighted by molar-refractivity contribution is 5.76. The van der Waals surface area contributed by atoms with E-state index in [-0.39, 0.29) is 12.1 Å². The number of hydrogen-bond acceptors (Lipinski definition) is 2. The van der Waals surface area contributed by atoms with Gasteiger partial charge in [0.05, 0.1) is 5.92 Å². The van der Waals surface area contributed by atoms with E-state index in [9.17, 15) is 9.59 Å². The Morgan fingerprint density at radius 3 is 2.59 bits per heavy atom. The molecule has 3 atom stereocenters. The zero-order valence-electron chi connectivity index (χ0n) is 10.8. The van der Waals surface area contributed by atoms with Crippen LogP contribution in [0, 0.1) is 11.8 Å². The fourth-order valence-electron chi connectivity index (χ4n) is 2.00. The highest BCUT2D eigenvalue weighted by Crippen LogP contribution is 2.15. The number of carbonyl (C=O) groups excluding carboxylic acids is 1. The van der Waals surface area contributed by atoms with Crippen LogP contribution in [-0.2, 0) is 4.79 Å². The minimum atomic E-state index is -0.884. The molecule has 1 aliphatic rings. The molecule has 0 aliphatic carbocycles. The molecule has 1 rings (SSSR count). The molecule has 0 saturated carbocycles. The second kappa shape index (κ2) is 5.89. The Morgan fingerprint density at radius 1 is 1.41 bits per heavy atom. The Morgan fingerprint density at radius 2 is 2.06 bits per heavy atom. The van der Waals surface area contributed by atoms with Crippen molar-refractivity contribution in [3.8, 4) is 0 Å². The number of carbonyl (C=O) groups is 2. The van der Waals surface area contributed by atoms with Crippen molar-refractivity contribution in [2.45, 2.75) is 39.7 Å². The van der Waals surface area contributed by atoms with Gasteiger partial charge in [0.25, 0.3) is 0 Å². The lowest BCUT2D eigenvalue weighted by Gasteiger charge is -2.32. The molecule has 2 N–H and O–H groups in total. The fourth-order valence-corrected chi connectivity index (χ4v) is 2.00. The zero-order chi connectivity index (χ0) is 13.0. The standard InChI is InChI=1S/C12H22N2O3/c1-8-5-4-6-14(7-8)12(17)13-10(3)9(2)11(15)16/h8-10H,4-7H2,1-3H3,(H,13,17)(H,15,16). The van der Waals surface area contributed by atoms with Gasteiger partial charge in [0, 0.05) is 19.1 Å². The fraction of sp³-hybridized carbons (Fsp3) is 0.833. The zero-order valence-corrected chi connectivity index (χ0v) is 10.8. The number of hydrogen-bond donors (Lipinski definition) is 2. The quantitative estimate of drug-likeness (QED) is 0.788. The van der Waals surface area contributed by atoms with Crippen LogP contribution in [0.3, 0.4) is 0 Å². The number of amides is 2. The number of nitrogens with one attached hydrogen (secondary N) is 1. The maximum Gasteiger partial charge on any atom is 0.317 e. The highest BCUT2D eigenvalue weighted by atomic mass is 16.4. The van der Waals surface area contributed by atoms with Gasteiger partial charge in [-0.25, -0.2) is 4.79 Å². The second-order valence-electron chi connectivity index (χ2n) is 5.06. The van der Waals surface area contributed by atoms with Crippen LogP contribution in [0.4, 0.5) is 4.79 Å². The smallest absolute Gasteiger partial charge is 0.317 e. The molecule has 0 aromatic rings. The van der Waals surface area contributed by atoms with Crippen LogP contribution in [0.25, 0.3) is 0 Å². The van der Waals surface area contributed by atoms with Crippen LogP contribution in [0.1, 0.15) is 33.6 Å². The van der Waals surface area contributed by atoms with E-state index in [4.69, 9.17) is 5.11 Å². The average Bonchev–Trinajstić information content (AvgIpc) is 2.27. The molecule has 0 aromatic carbocycles. The predicted octanol–water partition coefficient (Wildman–Crippen LogP) is 1.54. The molecule has 0 bridgehead atoms. The van der Waals surface area contributed by atoms with Gasteiger partial charge in [-0.2, -0.15) is 0 Å². The molecule has 0 aromatic heterocycles. The van der Waals surface area contributed by atoms with E-state index in [1.165, 1.54) is 0 Å². The molecule has 1 saturated heterocycles. The summed E-state index contributed by atoms with van der Waals surface area (Å²) >= 11 is 0. The monoisotopic (exact) mass is 242 g/mol. The van der Waals surface area contributed by atoms with Gasteiger partial charge >= 0.3 is 12.0 Å². The van der Waals surface area contributed by atoms with Crippen molar-refractivity contribution in [2.75, 3.05) is 13.1 Å². The van der Waals surface area contributed by atoms with E-state index in [0.717, 1.165) is 25.9 Å². The number of piperidine rings is 1. The van der Waals surface area contributed by atoms with Gasteiger partial charge in [-0.1, -0.05) is 6.92 Å². The van der Waals surface area contributed by atoms with Crippen LogP contribution >= 0.6 is 0 Å². The number of rotatable bonds is 3. The first-order valence-corrected chi connectivity index (χ1v) is 6.20. The Hall–Kier alpha value is -1.26. The second-order valence-corrected chi connectivity index (χ2v) is 5.06. The van der Waals surface area contributed by atoms with E-state index >= 15 is 0 Å². The minimum Gasteiger partial charge on any atom is -0.481 e. The first-order chi connectivity index (χ1) is 7.91. The Labute approximate surface area is 102 Å². The third kappa shape index (κ3) is 3.91. The molecule has 1 fully saturated rings. The van der Waals surface area contributed by atoms with E-state index in [0.29, 0.717) is 5.92 Å². The molecule has 0 spiro atoms. The molecule has 0 radical (unpaired) electrons. The number of likely N-dealkylation sites (tertiary alicyclic amines) is 1. The van der Waals surface area contributed by atoms with Crippen molar-refractivity contribution < 1.29 is 14.7 Å². The maximum atomic E-state index is 11.9. The first-order valence-electron chi connectivity index (χ1n) is 6.20. The number of carboxylic acids is 1.